The molecular weight excluding hydrogens is 467 g/mol. The lowest BCUT2D eigenvalue weighted by Gasteiger charge is -2.16. The van der Waals surface area contributed by atoms with E-state index in [1.165, 1.54) is 25.3 Å². The Bertz CT molecular complexity index is 1170. The first kappa shape index (κ1) is 23.4. The number of hydrogen-bond donors (Lipinski definition) is 3. The molecular formula is C20H17Cl2F2N5O3. The molecule has 2 heterocycles. The lowest BCUT2D eigenvalue weighted by Crippen LogP contribution is -2.47. The third-order valence-corrected chi connectivity index (χ3v) is 4.97. The Balaban J connectivity index is 1.64. The highest BCUT2D eigenvalue weighted by molar-refractivity contribution is 6.35. The molecule has 3 rings (SSSR count). The second kappa shape index (κ2) is 9.92. The first-order valence-electron chi connectivity index (χ1n) is 9.32. The SMILES string of the molecule is CCc1cc(C(=O)NNC(=O)NC(C)c2ncc(-c3cc(Cl)cc(F)c3Cl)cc2F)on1. The van der Waals surface area contributed by atoms with Gasteiger partial charge in [0.1, 0.15) is 11.6 Å². The topological polar surface area (TPSA) is 109 Å². The summed E-state index contributed by atoms with van der Waals surface area (Å²) in [6.45, 7) is 3.33. The largest absolute Gasteiger partial charge is 0.351 e. The van der Waals surface area contributed by atoms with E-state index in [-0.39, 0.29) is 32.6 Å². The first-order chi connectivity index (χ1) is 15.2. The predicted molar refractivity (Wildman–Crippen MR) is 113 cm³/mol. The number of urea groups is 1. The molecule has 0 saturated heterocycles. The smallest absolute Gasteiger partial charge is 0.334 e. The Morgan fingerprint density at radius 2 is 1.88 bits per heavy atom. The minimum atomic E-state index is -0.871. The fraction of sp³-hybridized carbons (Fsp3) is 0.200. The van der Waals surface area contributed by atoms with Crippen LogP contribution in [0.25, 0.3) is 11.1 Å². The second-order valence-electron chi connectivity index (χ2n) is 6.65. The predicted octanol–water partition coefficient (Wildman–Crippen LogP) is 4.59. The molecule has 3 amide bonds. The van der Waals surface area contributed by atoms with Crippen LogP contribution < -0.4 is 16.2 Å². The molecule has 0 spiro atoms. The number of amides is 3. The van der Waals surface area contributed by atoms with Gasteiger partial charge in [0.25, 0.3) is 0 Å². The molecule has 0 bridgehead atoms. The third kappa shape index (κ3) is 5.32. The van der Waals surface area contributed by atoms with E-state index in [0.717, 1.165) is 12.1 Å². The fourth-order valence-electron chi connectivity index (χ4n) is 2.74. The summed E-state index contributed by atoms with van der Waals surface area (Å²) >= 11 is 11.8. The summed E-state index contributed by atoms with van der Waals surface area (Å²) in [6, 6.07) is 3.29. The van der Waals surface area contributed by atoms with Crippen molar-refractivity contribution in [3.63, 3.8) is 0 Å². The van der Waals surface area contributed by atoms with Gasteiger partial charge in [-0.3, -0.25) is 15.2 Å². The lowest BCUT2D eigenvalue weighted by molar-refractivity contribution is 0.0898. The highest BCUT2D eigenvalue weighted by Crippen LogP contribution is 2.33. The summed E-state index contributed by atoms with van der Waals surface area (Å²) in [7, 11) is 0. The number of carbonyl (C=O) groups excluding carboxylic acids is 2. The number of halogens is 4. The number of benzene rings is 1. The van der Waals surface area contributed by atoms with E-state index in [0.29, 0.717) is 12.1 Å². The van der Waals surface area contributed by atoms with Crippen LogP contribution in [0.4, 0.5) is 13.6 Å². The molecule has 0 aliphatic rings. The van der Waals surface area contributed by atoms with E-state index in [1.807, 2.05) is 6.92 Å². The summed E-state index contributed by atoms with van der Waals surface area (Å²) in [4.78, 5) is 28.0. The van der Waals surface area contributed by atoms with Crippen molar-refractivity contribution >= 4 is 35.1 Å². The Kier molecular flexibility index (Phi) is 7.26. The summed E-state index contributed by atoms with van der Waals surface area (Å²) in [5.41, 5.74) is 5.15. The molecule has 0 radical (unpaired) electrons. The number of nitrogens with zero attached hydrogens (tertiary/aromatic N) is 2. The van der Waals surface area contributed by atoms with Crippen molar-refractivity contribution < 1.29 is 22.9 Å². The number of carbonyl (C=O) groups is 2. The van der Waals surface area contributed by atoms with E-state index in [2.05, 4.69) is 26.3 Å². The molecule has 168 valence electrons. The Morgan fingerprint density at radius 1 is 1.12 bits per heavy atom. The standard InChI is InChI=1S/C20H17Cl2F2N5O3/c1-3-12-7-16(32-29-12)19(30)27-28-20(31)26-9(2)18-15(24)4-10(8-25-18)13-5-11(21)6-14(23)17(13)22/h4-9H,3H2,1-2H3,(H,27,30)(H2,26,28,31). The van der Waals surface area contributed by atoms with Gasteiger partial charge in [0, 0.05) is 28.4 Å². The zero-order chi connectivity index (χ0) is 23.4. The van der Waals surface area contributed by atoms with Crippen LogP contribution in [0.5, 0.6) is 0 Å². The van der Waals surface area contributed by atoms with Crippen molar-refractivity contribution in [2.24, 2.45) is 0 Å². The van der Waals surface area contributed by atoms with Gasteiger partial charge in [-0.2, -0.15) is 0 Å². The van der Waals surface area contributed by atoms with Gasteiger partial charge in [0.05, 0.1) is 22.5 Å². The number of hydrazine groups is 1. The Morgan fingerprint density at radius 3 is 2.53 bits per heavy atom. The number of nitrogens with one attached hydrogen (secondary N) is 3. The van der Waals surface area contributed by atoms with Gasteiger partial charge >= 0.3 is 11.9 Å². The Hall–Kier alpha value is -3.24. The van der Waals surface area contributed by atoms with E-state index in [9.17, 15) is 18.4 Å². The first-order valence-corrected chi connectivity index (χ1v) is 10.1. The molecule has 0 fully saturated rings. The van der Waals surface area contributed by atoms with Crippen LogP contribution in [0.3, 0.4) is 0 Å². The number of aryl methyl sites for hydroxylation is 1. The molecule has 3 N–H and O–H groups in total. The highest BCUT2D eigenvalue weighted by Gasteiger charge is 2.19. The summed E-state index contributed by atoms with van der Waals surface area (Å²) < 4.78 is 33.3. The van der Waals surface area contributed by atoms with Crippen LogP contribution in [-0.4, -0.2) is 22.1 Å². The monoisotopic (exact) mass is 483 g/mol. The second-order valence-corrected chi connectivity index (χ2v) is 7.46. The van der Waals surface area contributed by atoms with E-state index in [1.54, 1.807) is 0 Å². The van der Waals surface area contributed by atoms with Crippen molar-refractivity contribution in [1.29, 1.82) is 0 Å². The molecule has 1 atom stereocenters. The van der Waals surface area contributed by atoms with Gasteiger partial charge in [0.15, 0.2) is 0 Å². The van der Waals surface area contributed by atoms with Gasteiger partial charge < -0.3 is 9.84 Å². The van der Waals surface area contributed by atoms with Crippen LogP contribution in [0.2, 0.25) is 10.0 Å². The molecule has 1 unspecified atom stereocenters. The molecule has 0 aliphatic carbocycles. The molecule has 0 aliphatic heterocycles. The molecule has 1 aromatic carbocycles. The zero-order valence-electron chi connectivity index (χ0n) is 16.8. The maximum atomic E-state index is 14.6. The highest BCUT2D eigenvalue weighted by atomic mass is 35.5. The van der Waals surface area contributed by atoms with Gasteiger partial charge in [0.2, 0.25) is 5.76 Å². The van der Waals surface area contributed by atoms with Crippen LogP contribution in [-0.2, 0) is 6.42 Å². The van der Waals surface area contributed by atoms with Gasteiger partial charge in [-0.1, -0.05) is 35.3 Å². The van der Waals surface area contributed by atoms with Crippen LogP contribution in [0.1, 0.15) is 41.8 Å². The maximum absolute atomic E-state index is 14.6. The molecule has 0 saturated carbocycles. The van der Waals surface area contributed by atoms with Crippen LogP contribution in [0.15, 0.2) is 35.0 Å². The van der Waals surface area contributed by atoms with Crippen LogP contribution >= 0.6 is 23.2 Å². The van der Waals surface area contributed by atoms with Crippen molar-refractivity contribution in [2.75, 3.05) is 0 Å². The minimum Gasteiger partial charge on any atom is -0.351 e. The van der Waals surface area contributed by atoms with Gasteiger partial charge in [-0.05, 0) is 31.5 Å². The van der Waals surface area contributed by atoms with E-state index in [4.69, 9.17) is 27.7 Å². The molecule has 12 heteroatoms. The molecule has 8 nitrogen and oxygen atoms in total. The fourth-order valence-corrected chi connectivity index (χ4v) is 3.17. The van der Waals surface area contributed by atoms with Crippen molar-refractivity contribution in [3.8, 4) is 11.1 Å². The number of rotatable bonds is 5. The minimum absolute atomic E-state index is 0.0744. The quantitative estimate of drug-likeness (QED) is 0.363. The van der Waals surface area contributed by atoms with Crippen molar-refractivity contribution in [3.05, 3.63) is 69.3 Å². The average molecular weight is 484 g/mol. The summed E-state index contributed by atoms with van der Waals surface area (Å²) in [5, 5.41) is 5.98. The average Bonchev–Trinajstić information content (AvgIpc) is 3.23. The van der Waals surface area contributed by atoms with Gasteiger partial charge in [-0.15, -0.1) is 0 Å². The summed E-state index contributed by atoms with van der Waals surface area (Å²) in [6.07, 6.45) is 1.86. The molecule has 3 aromatic rings. The third-order valence-electron chi connectivity index (χ3n) is 4.37. The molecule has 32 heavy (non-hydrogen) atoms. The molecule has 2 aromatic heterocycles. The van der Waals surface area contributed by atoms with E-state index < -0.39 is 29.6 Å². The zero-order valence-corrected chi connectivity index (χ0v) is 18.3. The lowest BCUT2D eigenvalue weighted by atomic mass is 10.1. The number of hydrogen-bond acceptors (Lipinski definition) is 5. The van der Waals surface area contributed by atoms with Crippen LogP contribution in [0, 0.1) is 11.6 Å². The van der Waals surface area contributed by atoms with Gasteiger partial charge in [-0.25, -0.2) is 19.0 Å². The number of aromatic nitrogens is 2. The Labute approximate surface area is 191 Å². The maximum Gasteiger partial charge on any atom is 0.334 e. The van der Waals surface area contributed by atoms with Crippen molar-refractivity contribution in [2.45, 2.75) is 26.3 Å². The number of pyridine rings is 1. The normalized spacial score (nSPS) is 11.7. The van der Waals surface area contributed by atoms with E-state index >= 15 is 0 Å². The van der Waals surface area contributed by atoms with Crippen molar-refractivity contribution in [1.82, 2.24) is 26.3 Å². The summed E-state index contributed by atoms with van der Waals surface area (Å²) in [5.74, 6) is -2.29.